The van der Waals surface area contributed by atoms with Crippen molar-refractivity contribution < 1.29 is 23.0 Å². The van der Waals surface area contributed by atoms with Gasteiger partial charge in [0.15, 0.2) is 10.6 Å². The number of thiazole rings is 1. The summed E-state index contributed by atoms with van der Waals surface area (Å²) in [6.45, 7) is 2.09. The fraction of sp³-hybridized carbons (Fsp3) is 0.219. The van der Waals surface area contributed by atoms with E-state index in [-0.39, 0.29) is 29.6 Å². The molecular formula is C32H30N2O5S3. The van der Waals surface area contributed by atoms with Crippen molar-refractivity contribution in [3.05, 3.63) is 120 Å². The maximum absolute atomic E-state index is 13.0. The minimum absolute atomic E-state index is 0.0165. The molecule has 6 rings (SSSR count). The number of nitrogens with one attached hydrogen (secondary N) is 1. The van der Waals surface area contributed by atoms with E-state index in [1.807, 2.05) is 48.5 Å². The van der Waals surface area contributed by atoms with Crippen molar-refractivity contribution in [2.45, 2.75) is 41.3 Å². The Morgan fingerprint density at radius 2 is 1.67 bits per heavy atom. The molecule has 1 saturated heterocycles. The Bertz CT molecular complexity index is 1730. The van der Waals surface area contributed by atoms with Crippen molar-refractivity contribution in [2.75, 3.05) is 10.5 Å². The lowest BCUT2D eigenvalue weighted by molar-refractivity contribution is -0.268. The van der Waals surface area contributed by atoms with E-state index in [0.29, 0.717) is 17.0 Å². The summed E-state index contributed by atoms with van der Waals surface area (Å²) >= 11 is 3.33. The van der Waals surface area contributed by atoms with Gasteiger partial charge in [0.2, 0.25) is 0 Å². The molecule has 2 heterocycles. The van der Waals surface area contributed by atoms with Gasteiger partial charge in [-0.2, -0.15) is 0 Å². The van der Waals surface area contributed by atoms with Crippen molar-refractivity contribution in [1.82, 2.24) is 4.98 Å². The average Bonchev–Trinajstić information content (AvgIpc) is 3.44. The summed E-state index contributed by atoms with van der Waals surface area (Å²) in [6, 6.07) is 31.3. The van der Waals surface area contributed by atoms with Crippen LogP contribution in [0.4, 0.5) is 5.69 Å². The summed E-state index contributed by atoms with van der Waals surface area (Å²) in [5.41, 5.74) is 3.94. The zero-order valence-corrected chi connectivity index (χ0v) is 25.2. The van der Waals surface area contributed by atoms with Crippen LogP contribution in [-0.2, 0) is 26.1 Å². The van der Waals surface area contributed by atoms with Gasteiger partial charge in [0.25, 0.3) is 10.0 Å². The first-order valence-corrected chi connectivity index (χ1v) is 16.8. The molecule has 0 amide bonds. The molecule has 0 radical (unpaired) electrons. The zero-order valence-electron chi connectivity index (χ0n) is 22.8. The van der Waals surface area contributed by atoms with Gasteiger partial charge in [-0.05, 0) is 47.5 Å². The fourth-order valence-corrected chi connectivity index (χ4v) is 8.27. The molecule has 10 heteroatoms. The zero-order chi connectivity index (χ0) is 29.1. The van der Waals surface area contributed by atoms with E-state index >= 15 is 0 Å². The number of sulfonamides is 1. The van der Waals surface area contributed by atoms with Gasteiger partial charge >= 0.3 is 0 Å². The number of thioether (sulfide) groups is 1. The van der Waals surface area contributed by atoms with Gasteiger partial charge in [-0.25, -0.2) is 13.4 Å². The number of hydrogen-bond donors (Lipinski definition) is 2. The molecule has 42 heavy (non-hydrogen) atoms. The van der Waals surface area contributed by atoms with Gasteiger partial charge in [0.05, 0.1) is 33.9 Å². The Kier molecular flexibility index (Phi) is 8.62. The molecule has 2 N–H and O–H groups in total. The maximum Gasteiger partial charge on any atom is 0.261 e. The van der Waals surface area contributed by atoms with Crippen LogP contribution in [0.25, 0.3) is 10.2 Å². The molecule has 1 fully saturated rings. The third kappa shape index (κ3) is 6.39. The number of aromatic nitrogens is 1. The summed E-state index contributed by atoms with van der Waals surface area (Å²) in [6.07, 6.45) is -1.17. The average molecular weight is 619 g/mol. The number of anilines is 1. The van der Waals surface area contributed by atoms with E-state index in [4.69, 9.17) is 14.5 Å². The summed E-state index contributed by atoms with van der Waals surface area (Å²) < 4.78 is 43.8. The normalized spacial score (nSPS) is 20.9. The molecule has 1 aliphatic rings. The van der Waals surface area contributed by atoms with Crippen LogP contribution in [0.3, 0.4) is 0 Å². The highest BCUT2D eigenvalue weighted by Gasteiger charge is 2.38. The summed E-state index contributed by atoms with van der Waals surface area (Å²) in [4.78, 5) is 4.96. The maximum atomic E-state index is 13.0. The van der Waals surface area contributed by atoms with Crippen molar-refractivity contribution in [3.8, 4) is 0 Å². The van der Waals surface area contributed by atoms with E-state index in [0.717, 1.165) is 25.7 Å². The third-order valence-corrected chi connectivity index (χ3v) is 10.9. The van der Waals surface area contributed by atoms with E-state index in [2.05, 4.69) is 17.7 Å². The van der Waals surface area contributed by atoms with E-state index < -0.39 is 16.3 Å². The Labute approximate surface area is 253 Å². The van der Waals surface area contributed by atoms with Crippen molar-refractivity contribution in [2.24, 2.45) is 5.92 Å². The lowest BCUT2D eigenvalue weighted by Crippen LogP contribution is -2.38. The van der Waals surface area contributed by atoms with Crippen LogP contribution in [0.5, 0.6) is 0 Å². The molecule has 0 spiro atoms. The molecule has 4 unspecified atom stereocenters. The standard InChI is InChI=1S/C32H30N2O5S3/c1-21-28(20-40-32-33-27-12-5-6-13-29(27)41-32)38-31(39-30(21)23-16-14-22(19-35)15-17-23)24-8-7-9-25(18-24)34-42(36,37)26-10-3-2-4-11-26/h2-18,21,28,30-31,34-35H,19-20H2,1H3. The topological polar surface area (TPSA) is 97.8 Å². The molecular weight excluding hydrogens is 589 g/mol. The second-order valence-electron chi connectivity index (χ2n) is 10.1. The summed E-state index contributed by atoms with van der Waals surface area (Å²) in [5.74, 6) is 0.690. The van der Waals surface area contributed by atoms with Crippen molar-refractivity contribution in [3.63, 3.8) is 0 Å². The Morgan fingerprint density at radius 1 is 0.905 bits per heavy atom. The van der Waals surface area contributed by atoms with Gasteiger partial charge in [-0.15, -0.1) is 11.3 Å². The third-order valence-electron chi connectivity index (χ3n) is 7.23. The van der Waals surface area contributed by atoms with Crippen molar-refractivity contribution in [1.29, 1.82) is 0 Å². The summed E-state index contributed by atoms with van der Waals surface area (Å²) in [5, 5.41) is 9.53. The Morgan fingerprint density at radius 3 is 2.43 bits per heavy atom. The highest BCUT2D eigenvalue weighted by atomic mass is 32.2. The molecule has 4 aromatic carbocycles. The first-order valence-electron chi connectivity index (χ1n) is 13.6. The number of nitrogens with zero attached hydrogens (tertiary/aromatic N) is 1. The Balaban J connectivity index is 1.26. The predicted octanol–water partition coefficient (Wildman–Crippen LogP) is 7.17. The van der Waals surface area contributed by atoms with Crippen LogP contribution in [0, 0.1) is 5.92 Å². The van der Waals surface area contributed by atoms with Crippen LogP contribution >= 0.6 is 23.1 Å². The lowest BCUT2D eigenvalue weighted by Gasteiger charge is -2.41. The van der Waals surface area contributed by atoms with Crippen LogP contribution in [0.15, 0.2) is 112 Å². The predicted molar refractivity (Wildman–Crippen MR) is 167 cm³/mol. The van der Waals surface area contributed by atoms with Gasteiger partial charge < -0.3 is 14.6 Å². The highest BCUT2D eigenvalue weighted by molar-refractivity contribution is 8.01. The number of rotatable bonds is 9. The molecule has 4 atom stereocenters. The van der Waals surface area contributed by atoms with Crippen LogP contribution < -0.4 is 4.72 Å². The number of para-hydroxylation sites is 1. The Hall–Kier alpha value is -3.25. The lowest BCUT2D eigenvalue weighted by atomic mass is 9.91. The number of hydrogen-bond acceptors (Lipinski definition) is 8. The SMILES string of the molecule is CC1C(CSc2nc3ccccc3s2)OC(c2cccc(NS(=O)(=O)c3ccccc3)c2)OC1c1ccc(CO)cc1. The van der Waals surface area contributed by atoms with Crippen LogP contribution in [0.2, 0.25) is 0 Å². The molecule has 0 bridgehead atoms. The first kappa shape index (κ1) is 28.9. The van der Waals surface area contributed by atoms with E-state index in [1.165, 1.54) is 0 Å². The van der Waals surface area contributed by atoms with E-state index in [9.17, 15) is 13.5 Å². The first-order chi connectivity index (χ1) is 20.4. The molecule has 0 aliphatic carbocycles. The quantitative estimate of drug-likeness (QED) is 0.169. The second-order valence-corrected chi connectivity index (χ2v) is 14.1. The minimum atomic E-state index is -3.75. The van der Waals surface area contributed by atoms with E-state index in [1.54, 1.807) is 71.6 Å². The highest BCUT2D eigenvalue weighted by Crippen LogP contribution is 2.44. The number of fused-ring (bicyclic) bond motifs is 1. The smallest absolute Gasteiger partial charge is 0.261 e. The van der Waals surface area contributed by atoms with Crippen molar-refractivity contribution >= 4 is 49.0 Å². The largest absolute Gasteiger partial charge is 0.392 e. The monoisotopic (exact) mass is 618 g/mol. The molecule has 216 valence electrons. The molecule has 7 nitrogen and oxygen atoms in total. The van der Waals surface area contributed by atoms with Crippen LogP contribution in [0.1, 0.15) is 36.0 Å². The fourth-order valence-electron chi connectivity index (χ4n) is 4.94. The summed E-state index contributed by atoms with van der Waals surface area (Å²) in [7, 11) is -3.75. The second kappa shape index (κ2) is 12.5. The molecule has 1 aliphatic heterocycles. The van der Waals surface area contributed by atoms with Gasteiger partial charge in [-0.3, -0.25) is 4.72 Å². The molecule has 0 saturated carbocycles. The molecule has 1 aromatic heterocycles. The van der Waals surface area contributed by atoms with Gasteiger partial charge in [0.1, 0.15) is 0 Å². The molecule has 5 aromatic rings. The number of aliphatic hydroxyl groups excluding tert-OH is 1. The number of aliphatic hydroxyl groups is 1. The van der Waals surface area contributed by atoms with Gasteiger partial charge in [0, 0.05) is 22.9 Å². The minimum Gasteiger partial charge on any atom is -0.392 e. The number of benzene rings is 4. The number of ether oxygens (including phenoxy) is 2. The van der Waals surface area contributed by atoms with Gasteiger partial charge in [-0.1, -0.05) is 85.4 Å². The van der Waals surface area contributed by atoms with Crippen LogP contribution in [-0.4, -0.2) is 30.4 Å².